The normalized spacial score (nSPS) is 18.6. The lowest BCUT2D eigenvalue weighted by Crippen LogP contribution is -2.58. The lowest BCUT2D eigenvalue weighted by molar-refractivity contribution is -0.0769. The molecule has 0 unspecified atom stereocenters. The summed E-state index contributed by atoms with van der Waals surface area (Å²) >= 11 is 3.38. The van der Waals surface area contributed by atoms with Crippen molar-refractivity contribution in [1.29, 1.82) is 0 Å². The van der Waals surface area contributed by atoms with Gasteiger partial charge in [-0.15, -0.1) is 0 Å². The zero-order valence-corrected chi connectivity index (χ0v) is 10.1. The zero-order chi connectivity index (χ0) is 10.9. The Morgan fingerprint density at radius 3 is 2.87 bits per heavy atom. The van der Waals surface area contributed by atoms with E-state index in [1.165, 1.54) is 12.1 Å². The highest BCUT2D eigenvalue weighted by molar-refractivity contribution is 9.10. The van der Waals surface area contributed by atoms with Crippen molar-refractivity contribution in [2.24, 2.45) is 0 Å². The van der Waals surface area contributed by atoms with E-state index in [4.69, 9.17) is 4.74 Å². The van der Waals surface area contributed by atoms with E-state index in [1.54, 1.807) is 6.07 Å². The van der Waals surface area contributed by atoms with Gasteiger partial charge in [0.2, 0.25) is 0 Å². The summed E-state index contributed by atoms with van der Waals surface area (Å²) in [7, 11) is 0. The third-order valence-corrected chi connectivity index (χ3v) is 3.36. The highest BCUT2D eigenvalue weighted by Crippen LogP contribution is 2.23. The summed E-state index contributed by atoms with van der Waals surface area (Å²) in [5.74, 6) is -0.228. The van der Waals surface area contributed by atoms with Crippen LogP contribution in [0.1, 0.15) is 12.5 Å². The maximum atomic E-state index is 13.0. The molecule has 1 heterocycles. The molecule has 0 spiro atoms. The third kappa shape index (κ3) is 2.56. The Hall–Kier alpha value is -0.450. The Bertz CT molecular complexity index is 366. The summed E-state index contributed by atoms with van der Waals surface area (Å²) in [6.45, 7) is 4.22. The topological polar surface area (TPSA) is 21.3 Å². The summed E-state index contributed by atoms with van der Waals surface area (Å²) in [6.07, 6.45) is 0. The van der Waals surface area contributed by atoms with Crippen LogP contribution >= 0.6 is 15.9 Å². The van der Waals surface area contributed by atoms with Crippen LogP contribution in [0.3, 0.4) is 0 Å². The largest absolute Gasteiger partial charge is 0.368 e. The van der Waals surface area contributed by atoms with Crippen LogP contribution in [0.5, 0.6) is 0 Å². The maximum Gasteiger partial charge on any atom is 0.123 e. The van der Waals surface area contributed by atoms with Gasteiger partial charge in [-0.2, -0.15) is 0 Å². The Balaban J connectivity index is 2.01. The number of ether oxygens (including phenoxy) is 1. The van der Waals surface area contributed by atoms with Gasteiger partial charge in [0, 0.05) is 17.6 Å². The minimum absolute atomic E-state index is 0.0915. The van der Waals surface area contributed by atoms with Crippen molar-refractivity contribution < 1.29 is 9.13 Å². The molecule has 1 N–H and O–H groups in total. The second-order valence-electron chi connectivity index (χ2n) is 4.08. The van der Waals surface area contributed by atoms with Gasteiger partial charge in [-0.05, 0) is 30.7 Å². The first-order chi connectivity index (χ1) is 7.09. The summed E-state index contributed by atoms with van der Waals surface area (Å²) in [6, 6.07) is 4.63. The van der Waals surface area contributed by atoms with E-state index in [-0.39, 0.29) is 11.4 Å². The van der Waals surface area contributed by atoms with Crippen molar-refractivity contribution in [2.45, 2.75) is 19.1 Å². The van der Waals surface area contributed by atoms with Gasteiger partial charge in [0.1, 0.15) is 5.82 Å². The van der Waals surface area contributed by atoms with E-state index in [0.717, 1.165) is 23.1 Å². The van der Waals surface area contributed by atoms with Gasteiger partial charge in [0.15, 0.2) is 0 Å². The highest BCUT2D eigenvalue weighted by Gasteiger charge is 2.32. The summed E-state index contributed by atoms with van der Waals surface area (Å²) in [4.78, 5) is 0. The standard InChI is InChI=1S/C11H13BrFNO/c1-11(6-14-7-11)15-5-8-4-9(13)2-3-10(8)12/h2-4,14H,5-7H2,1H3. The second-order valence-corrected chi connectivity index (χ2v) is 4.93. The molecule has 82 valence electrons. The van der Waals surface area contributed by atoms with Crippen LogP contribution in [-0.4, -0.2) is 18.7 Å². The number of hydrogen-bond acceptors (Lipinski definition) is 2. The van der Waals surface area contributed by atoms with Crippen LogP contribution < -0.4 is 5.32 Å². The van der Waals surface area contributed by atoms with E-state index < -0.39 is 0 Å². The quantitative estimate of drug-likeness (QED) is 0.914. The van der Waals surface area contributed by atoms with Crippen molar-refractivity contribution in [3.63, 3.8) is 0 Å². The van der Waals surface area contributed by atoms with Gasteiger partial charge in [-0.3, -0.25) is 0 Å². The van der Waals surface area contributed by atoms with Gasteiger partial charge < -0.3 is 10.1 Å². The zero-order valence-electron chi connectivity index (χ0n) is 8.52. The molecule has 0 aliphatic carbocycles. The van der Waals surface area contributed by atoms with Crippen LogP contribution in [0.15, 0.2) is 22.7 Å². The molecule has 0 bridgehead atoms. The molecular formula is C11H13BrFNO. The Labute approximate surface area is 96.9 Å². The molecule has 2 rings (SSSR count). The molecule has 15 heavy (non-hydrogen) atoms. The molecule has 0 radical (unpaired) electrons. The van der Waals surface area contributed by atoms with E-state index in [1.807, 2.05) is 0 Å². The molecule has 1 saturated heterocycles. The number of halogens is 2. The third-order valence-electron chi connectivity index (χ3n) is 2.58. The molecular weight excluding hydrogens is 261 g/mol. The van der Waals surface area contributed by atoms with Crippen molar-refractivity contribution in [3.05, 3.63) is 34.1 Å². The van der Waals surface area contributed by atoms with Crippen molar-refractivity contribution in [3.8, 4) is 0 Å². The Morgan fingerprint density at radius 2 is 2.27 bits per heavy atom. The van der Waals surface area contributed by atoms with E-state index in [0.29, 0.717) is 6.61 Å². The predicted molar refractivity (Wildman–Crippen MR) is 60.2 cm³/mol. The molecule has 1 aliphatic rings. The number of benzene rings is 1. The van der Waals surface area contributed by atoms with Crippen LogP contribution in [0.4, 0.5) is 4.39 Å². The summed E-state index contributed by atoms with van der Waals surface area (Å²) in [5, 5.41) is 3.15. The molecule has 2 nitrogen and oxygen atoms in total. The van der Waals surface area contributed by atoms with Crippen molar-refractivity contribution >= 4 is 15.9 Å². The molecule has 0 amide bonds. The maximum absolute atomic E-state index is 13.0. The molecule has 0 saturated carbocycles. The van der Waals surface area contributed by atoms with Gasteiger partial charge in [-0.1, -0.05) is 15.9 Å². The van der Waals surface area contributed by atoms with Crippen molar-refractivity contribution in [2.75, 3.05) is 13.1 Å². The first kappa shape index (κ1) is 11.0. The fourth-order valence-corrected chi connectivity index (χ4v) is 1.85. The number of nitrogens with one attached hydrogen (secondary N) is 1. The first-order valence-corrected chi connectivity index (χ1v) is 5.67. The van der Waals surface area contributed by atoms with Gasteiger partial charge in [-0.25, -0.2) is 4.39 Å². The molecule has 1 aromatic rings. The van der Waals surface area contributed by atoms with Gasteiger partial charge >= 0.3 is 0 Å². The monoisotopic (exact) mass is 273 g/mol. The molecule has 4 heteroatoms. The number of hydrogen-bond donors (Lipinski definition) is 1. The molecule has 0 atom stereocenters. The smallest absolute Gasteiger partial charge is 0.123 e. The Morgan fingerprint density at radius 1 is 1.53 bits per heavy atom. The van der Waals surface area contributed by atoms with Crippen LogP contribution in [-0.2, 0) is 11.3 Å². The molecule has 1 aliphatic heterocycles. The second kappa shape index (κ2) is 4.20. The molecule has 1 aromatic carbocycles. The average Bonchev–Trinajstić information content (AvgIpc) is 2.17. The minimum Gasteiger partial charge on any atom is -0.368 e. The fraction of sp³-hybridized carbons (Fsp3) is 0.455. The fourth-order valence-electron chi connectivity index (χ4n) is 1.49. The first-order valence-electron chi connectivity index (χ1n) is 4.88. The lowest BCUT2D eigenvalue weighted by Gasteiger charge is -2.39. The van der Waals surface area contributed by atoms with Crippen molar-refractivity contribution in [1.82, 2.24) is 5.32 Å². The van der Waals surface area contributed by atoms with Crippen LogP contribution in [0, 0.1) is 5.82 Å². The van der Waals surface area contributed by atoms with Crippen LogP contribution in [0.25, 0.3) is 0 Å². The van der Waals surface area contributed by atoms with Gasteiger partial charge in [0.25, 0.3) is 0 Å². The average molecular weight is 274 g/mol. The SMILES string of the molecule is CC1(OCc2cc(F)ccc2Br)CNC1. The summed E-state index contributed by atoms with van der Waals surface area (Å²) < 4.78 is 19.6. The van der Waals surface area contributed by atoms with E-state index in [2.05, 4.69) is 28.2 Å². The minimum atomic E-state index is -0.228. The van der Waals surface area contributed by atoms with Crippen LogP contribution in [0.2, 0.25) is 0 Å². The molecule has 0 aromatic heterocycles. The molecule has 1 fully saturated rings. The summed E-state index contributed by atoms with van der Waals surface area (Å²) in [5.41, 5.74) is 0.759. The predicted octanol–water partition coefficient (Wildman–Crippen LogP) is 2.47. The van der Waals surface area contributed by atoms with E-state index >= 15 is 0 Å². The Kier molecular flexibility index (Phi) is 3.09. The lowest BCUT2D eigenvalue weighted by atomic mass is 10.00. The highest BCUT2D eigenvalue weighted by atomic mass is 79.9. The van der Waals surface area contributed by atoms with E-state index in [9.17, 15) is 4.39 Å². The number of rotatable bonds is 3. The van der Waals surface area contributed by atoms with Gasteiger partial charge in [0.05, 0.1) is 12.2 Å².